The van der Waals surface area contributed by atoms with Crippen LogP contribution in [-0.4, -0.2) is 23.3 Å². The van der Waals surface area contributed by atoms with E-state index in [4.69, 9.17) is 16.7 Å². The van der Waals surface area contributed by atoms with E-state index >= 15 is 0 Å². The minimum Gasteiger partial charge on any atom is -0.416 e. The van der Waals surface area contributed by atoms with Crippen molar-refractivity contribution in [3.8, 4) is 17.0 Å². The fourth-order valence-electron chi connectivity index (χ4n) is 1.80. The monoisotopic (exact) mass is 299 g/mol. The number of aliphatic hydroxyl groups is 1. The summed E-state index contributed by atoms with van der Waals surface area (Å²) in [4.78, 5) is 3.89. The summed E-state index contributed by atoms with van der Waals surface area (Å²) in [7, 11) is 0. The van der Waals surface area contributed by atoms with Crippen molar-refractivity contribution in [2.75, 3.05) is 6.61 Å². The molecule has 0 aliphatic carbocycles. The number of alkyl halides is 2. The Labute approximate surface area is 119 Å². The summed E-state index contributed by atoms with van der Waals surface area (Å²) in [6.07, 6.45) is 1.79. The fraction of sp³-hybridized carbons (Fsp3) is 0.214. The van der Waals surface area contributed by atoms with Gasteiger partial charge in [-0.2, -0.15) is 8.78 Å². The Balaban J connectivity index is 2.48. The Morgan fingerprint density at radius 3 is 2.75 bits per heavy atom. The summed E-state index contributed by atoms with van der Waals surface area (Å²) < 4.78 is 29.3. The maximum absolute atomic E-state index is 12.4. The van der Waals surface area contributed by atoms with E-state index in [-0.39, 0.29) is 12.5 Å². The average Bonchev–Trinajstić information content (AvgIpc) is 2.40. The zero-order valence-electron chi connectivity index (χ0n) is 10.4. The van der Waals surface area contributed by atoms with Gasteiger partial charge in [0.25, 0.3) is 0 Å². The standard InChI is InChI=1S/C14H12ClF2NO2/c15-11-3-1-2-10(7-11)12-6-9(4-5-19)8-18-13(12)20-14(16)17/h1-3,6-8,14,19H,4-5H2. The van der Waals surface area contributed by atoms with Crippen LogP contribution in [-0.2, 0) is 6.42 Å². The Morgan fingerprint density at radius 1 is 1.30 bits per heavy atom. The first-order valence-electron chi connectivity index (χ1n) is 5.90. The Hall–Kier alpha value is -1.72. The molecule has 0 saturated heterocycles. The molecular formula is C14H12ClF2NO2. The second kappa shape index (κ2) is 6.63. The first-order valence-corrected chi connectivity index (χ1v) is 6.28. The van der Waals surface area contributed by atoms with E-state index in [2.05, 4.69) is 9.72 Å². The third-order valence-electron chi connectivity index (χ3n) is 2.64. The van der Waals surface area contributed by atoms with E-state index in [1.807, 2.05) is 0 Å². The van der Waals surface area contributed by atoms with Gasteiger partial charge >= 0.3 is 6.61 Å². The van der Waals surface area contributed by atoms with Crippen molar-refractivity contribution in [3.63, 3.8) is 0 Å². The number of nitrogens with zero attached hydrogens (tertiary/aromatic N) is 1. The van der Waals surface area contributed by atoms with Gasteiger partial charge in [-0.05, 0) is 35.7 Å². The van der Waals surface area contributed by atoms with E-state index in [0.29, 0.717) is 22.6 Å². The lowest BCUT2D eigenvalue weighted by molar-refractivity contribution is -0.0524. The van der Waals surface area contributed by atoms with Gasteiger partial charge in [0.1, 0.15) is 0 Å². The zero-order valence-corrected chi connectivity index (χ0v) is 11.1. The summed E-state index contributed by atoms with van der Waals surface area (Å²) in [6, 6.07) is 8.42. The van der Waals surface area contributed by atoms with Crippen molar-refractivity contribution >= 4 is 11.6 Å². The predicted molar refractivity (Wildman–Crippen MR) is 72.1 cm³/mol. The van der Waals surface area contributed by atoms with Gasteiger partial charge in [-0.3, -0.25) is 0 Å². The molecule has 0 saturated carbocycles. The summed E-state index contributed by atoms with van der Waals surface area (Å²) in [6.45, 7) is -3.00. The van der Waals surface area contributed by atoms with Crippen LogP contribution < -0.4 is 4.74 Å². The molecule has 6 heteroatoms. The quantitative estimate of drug-likeness (QED) is 0.918. The summed E-state index contributed by atoms with van der Waals surface area (Å²) in [5.41, 5.74) is 1.77. The molecule has 2 rings (SSSR count). The Morgan fingerprint density at radius 2 is 2.10 bits per heavy atom. The molecule has 0 radical (unpaired) electrons. The van der Waals surface area contributed by atoms with Gasteiger partial charge in [0.05, 0.1) is 0 Å². The molecule has 1 heterocycles. The zero-order chi connectivity index (χ0) is 14.5. The molecule has 1 aromatic heterocycles. The maximum atomic E-state index is 12.4. The van der Waals surface area contributed by atoms with E-state index < -0.39 is 6.61 Å². The number of hydrogen-bond donors (Lipinski definition) is 1. The predicted octanol–water partition coefficient (Wildman–Crippen LogP) is 3.54. The molecular weight excluding hydrogens is 288 g/mol. The molecule has 0 amide bonds. The molecule has 0 bridgehead atoms. The lowest BCUT2D eigenvalue weighted by Crippen LogP contribution is -2.06. The van der Waals surface area contributed by atoms with Gasteiger partial charge < -0.3 is 9.84 Å². The van der Waals surface area contributed by atoms with Gasteiger partial charge in [0.2, 0.25) is 5.88 Å². The summed E-state index contributed by atoms with van der Waals surface area (Å²) in [5, 5.41) is 9.42. The fourth-order valence-corrected chi connectivity index (χ4v) is 1.99. The van der Waals surface area contributed by atoms with E-state index in [0.717, 1.165) is 5.56 Å². The second-order valence-electron chi connectivity index (χ2n) is 4.06. The highest BCUT2D eigenvalue weighted by Crippen LogP contribution is 2.31. The van der Waals surface area contributed by atoms with Crippen LogP contribution in [0.3, 0.4) is 0 Å². The number of aliphatic hydroxyl groups excluding tert-OH is 1. The molecule has 0 atom stereocenters. The number of halogens is 3. The average molecular weight is 300 g/mol. The summed E-state index contributed by atoms with van der Waals surface area (Å²) >= 11 is 5.90. The SMILES string of the molecule is OCCc1cnc(OC(F)F)c(-c2cccc(Cl)c2)c1. The number of pyridine rings is 1. The second-order valence-corrected chi connectivity index (χ2v) is 4.50. The minimum absolute atomic E-state index is 0.0499. The topological polar surface area (TPSA) is 42.4 Å². The molecule has 1 N–H and O–H groups in total. The van der Waals surface area contributed by atoms with Gasteiger partial charge in [-0.15, -0.1) is 0 Å². The maximum Gasteiger partial charge on any atom is 0.388 e. The summed E-state index contributed by atoms with van der Waals surface area (Å²) in [5.74, 6) is -0.163. The number of rotatable bonds is 5. The highest BCUT2D eigenvalue weighted by molar-refractivity contribution is 6.30. The van der Waals surface area contributed by atoms with Crippen LogP contribution in [0.1, 0.15) is 5.56 Å². The van der Waals surface area contributed by atoms with Crippen LogP contribution in [0.4, 0.5) is 8.78 Å². The van der Waals surface area contributed by atoms with Crippen LogP contribution in [0.25, 0.3) is 11.1 Å². The minimum atomic E-state index is -2.95. The lowest BCUT2D eigenvalue weighted by Gasteiger charge is -2.11. The normalized spacial score (nSPS) is 10.8. The van der Waals surface area contributed by atoms with Crippen LogP contribution in [0.2, 0.25) is 5.02 Å². The molecule has 20 heavy (non-hydrogen) atoms. The third kappa shape index (κ3) is 3.65. The van der Waals surface area contributed by atoms with Gasteiger partial charge in [-0.25, -0.2) is 4.98 Å². The van der Waals surface area contributed by atoms with E-state index in [1.165, 1.54) is 6.20 Å². The molecule has 0 spiro atoms. The van der Waals surface area contributed by atoms with Gasteiger partial charge in [0.15, 0.2) is 0 Å². The smallest absolute Gasteiger partial charge is 0.388 e. The Kier molecular flexibility index (Phi) is 4.87. The number of aromatic nitrogens is 1. The van der Waals surface area contributed by atoms with E-state index in [9.17, 15) is 8.78 Å². The molecule has 3 nitrogen and oxygen atoms in total. The lowest BCUT2D eigenvalue weighted by atomic mass is 10.0. The highest BCUT2D eigenvalue weighted by atomic mass is 35.5. The molecule has 106 valence electrons. The van der Waals surface area contributed by atoms with Gasteiger partial charge in [0, 0.05) is 23.4 Å². The molecule has 0 aliphatic rings. The third-order valence-corrected chi connectivity index (χ3v) is 2.88. The van der Waals surface area contributed by atoms with Crippen molar-refractivity contribution in [2.45, 2.75) is 13.0 Å². The first kappa shape index (κ1) is 14.7. The molecule has 1 aromatic carbocycles. The molecule has 0 unspecified atom stereocenters. The number of benzene rings is 1. The van der Waals surface area contributed by atoms with Crippen LogP contribution in [0, 0.1) is 0 Å². The number of hydrogen-bond acceptors (Lipinski definition) is 3. The van der Waals surface area contributed by atoms with Crippen molar-refractivity contribution in [3.05, 3.63) is 47.1 Å². The van der Waals surface area contributed by atoms with Crippen molar-refractivity contribution in [2.24, 2.45) is 0 Å². The van der Waals surface area contributed by atoms with E-state index in [1.54, 1.807) is 30.3 Å². The van der Waals surface area contributed by atoms with Crippen molar-refractivity contribution in [1.29, 1.82) is 0 Å². The van der Waals surface area contributed by atoms with Crippen molar-refractivity contribution < 1.29 is 18.6 Å². The Bertz CT molecular complexity index is 593. The van der Waals surface area contributed by atoms with Crippen molar-refractivity contribution in [1.82, 2.24) is 4.98 Å². The van der Waals surface area contributed by atoms with Crippen LogP contribution in [0.15, 0.2) is 36.5 Å². The number of ether oxygens (including phenoxy) is 1. The first-order chi connectivity index (χ1) is 9.60. The van der Waals surface area contributed by atoms with Crippen LogP contribution >= 0.6 is 11.6 Å². The largest absolute Gasteiger partial charge is 0.416 e. The van der Waals surface area contributed by atoms with Gasteiger partial charge in [-0.1, -0.05) is 23.7 Å². The molecule has 0 fully saturated rings. The highest BCUT2D eigenvalue weighted by Gasteiger charge is 2.14. The molecule has 0 aliphatic heterocycles. The molecule has 2 aromatic rings. The van der Waals surface area contributed by atoms with Crippen LogP contribution in [0.5, 0.6) is 5.88 Å².